The summed E-state index contributed by atoms with van der Waals surface area (Å²) in [5, 5.41) is 12.8. The molecule has 5 nitrogen and oxygen atoms in total. The number of carboxylic acids is 1. The highest BCUT2D eigenvalue weighted by atomic mass is 16.5. The van der Waals surface area contributed by atoms with Crippen LogP contribution in [0.1, 0.15) is 21.7 Å². The smallest absolute Gasteiger partial charge is 0.354 e. The molecule has 2 rings (SSSR count). The monoisotopic (exact) mass is 168 g/mol. The minimum Gasteiger partial charge on any atom is -0.477 e. The Balaban J connectivity index is 2.59. The number of aromatic nitrogens is 2. The maximum absolute atomic E-state index is 10.7. The van der Waals surface area contributed by atoms with Crippen LogP contribution in [0.4, 0.5) is 0 Å². The molecule has 1 N–H and O–H groups in total. The fraction of sp³-hybridized carbons (Fsp3) is 0.429. The number of aryl methyl sites for hydroxylation is 1. The van der Waals surface area contributed by atoms with Crippen LogP contribution in [0.2, 0.25) is 0 Å². The first-order chi connectivity index (χ1) is 5.70. The molecule has 0 unspecified atom stereocenters. The lowest BCUT2D eigenvalue weighted by atomic mass is 10.2. The predicted octanol–water partition coefficient (Wildman–Crippen LogP) is 0.149. The number of hydrogen-bond acceptors (Lipinski definition) is 3. The van der Waals surface area contributed by atoms with Crippen LogP contribution >= 0.6 is 0 Å². The number of hydrogen-bond donors (Lipinski definition) is 1. The molecule has 0 saturated heterocycles. The number of aromatic carboxylic acids is 1. The average Bonchev–Trinajstić information content (AvgIpc) is 2.44. The van der Waals surface area contributed by atoms with Gasteiger partial charge in [-0.25, -0.2) is 4.79 Å². The van der Waals surface area contributed by atoms with Crippen LogP contribution in [0.5, 0.6) is 0 Å². The van der Waals surface area contributed by atoms with Gasteiger partial charge in [0.2, 0.25) is 0 Å². The van der Waals surface area contributed by atoms with Crippen LogP contribution in [0.15, 0.2) is 0 Å². The molecule has 1 aromatic heterocycles. The van der Waals surface area contributed by atoms with Crippen molar-refractivity contribution in [3.8, 4) is 0 Å². The SMILES string of the molecule is Cn1nc2c(c1C(=O)O)COC2. The van der Waals surface area contributed by atoms with Crippen LogP contribution in [0.3, 0.4) is 0 Å². The van der Waals surface area contributed by atoms with Crippen LogP contribution in [0, 0.1) is 0 Å². The van der Waals surface area contributed by atoms with Crippen LogP contribution in [0.25, 0.3) is 0 Å². The molecule has 1 aromatic rings. The van der Waals surface area contributed by atoms with Gasteiger partial charge in [0.25, 0.3) is 0 Å². The second kappa shape index (κ2) is 2.31. The van der Waals surface area contributed by atoms with E-state index < -0.39 is 5.97 Å². The Morgan fingerprint density at radius 3 is 3.08 bits per heavy atom. The van der Waals surface area contributed by atoms with E-state index in [1.54, 1.807) is 7.05 Å². The van der Waals surface area contributed by atoms with E-state index in [1.165, 1.54) is 4.68 Å². The van der Waals surface area contributed by atoms with Crippen molar-refractivity contribution in [3.05, 3.63) is 17.0 Å². The Morgan fingerprint density at radius 2 is 2.42 bits per heavy atom. The molecule has 64 valence electrons. The highest BCUT2D eigenvalue weighted by Crippen LogP contribution is 2.21. The lowest BCUT2D eigenvalue weighted by molar-refractivity contribution is 0.0677. The molecule has 1 aliphatic rings. The summed E-state index contributed by atoms with van der Waals surface area (Å²) in [6, 6.07) is 0. The van der Waals surface area contributed by atoms with Crippen molar-refractivity contribution in [2.75, 3.05) is 0 Å². The molecular weight excluding hydrogens is 160 g/mol. The molecule has 0 fully saturated rings. The van der Waals surface area contributed by atoms with Crippen molar-refractivity contribution >= 4 is 5.97 Å². The third kappa shape index (κ3) is 0.831. The van der Waals surface area contributed by atoms with Crippen molar-refractivity contribution < 1.29 is 14.6 Å². The standard InChI is InChI=1S/C7H8N2O3/c1-9-6(7(10)11)4-2-12-3-5(4)8-9/h2-3H2,1H3,(H,10,11). The zero-order chi connectivity index (χ0) is 8.72. The summed E-state index contributed by atoms with van der Waals surface area (Å²) in [4.78, 5) is 10.7. The van der Waals surface area contributed by atoms with Crippen molar-refractivity contribution in [2.24, 2.45) is 7.05 Å². The van der Waals surface area contributed by atoms with Crippen molar-refractivity contribution in [3.63, 3.8) is 0 Å². The van der Waals surface area contributed by atoms with Gasteiger partial charge in [-0.1, -0.05) is 0 Å². The van der Waals surface area contributed by atoms with Gasteiger partial charge in [-0.05, 0) is 0 Å². The largest absolute Gasteiger partial charge is 0.477 e. The van der Waals surface area contributed by atoms with E-state index >= 15 is 0 Å². The minimum atomic E-state index is -0.947. The zero-order valence-corrected chi connectivity index (χ0v) is 6.57. The van der Waals surface area contributed by atoms with Crippen molar-refractivity contribution in [2.45, 2.75) is 13.2 Å². The van der Waals surface area contributed by atoms with Crippen LogP contribution in [-0.2, 0) is 25.0 Å². The molecule has 0 saturated carbocycles. The number of fused-ring (bicyclic) bond motifs is 1. The average molecular weight is 168 g/mol. The molecule has 0 radical (unpaired) electrons. The van der Waals surface area contributed by atoms with E-state index in [9.17, 15) is 4.79 Å². The molecule has 0 bridgehead atoms. The van der Waals surface area contributed by atoms with Gasteiger partial charge in [0.05, 0.1) is 18.9 Å². The molecule has 1 aliphatic heterocycles. The van der Waals surface area contributed by atoms with E-state index in [0.29, 0.717) is 18.8 Å². The molecule has 12 heavy (non-hydrogen) atoms. The normalized spacial score (nSPS) is 14.8. The van der Waals surface area contributed by atoms with Gasteiger partial charge in [-0.2, -0.15) is 5.10 Å². The molecule has 2 heterocycles. The highest BCUT2D eigenvalue weighted by molar-refractivity contribution is 5.87. The second-order valence-electron chi connectivity index (χ2n) is 2.70. The van der Waals surface area contributed by atoms with Crippen LogP contribution in [-0.4, -0.2) is 20.9 Å². The summed E-state index contributed by atoms with van der Waals surface area (Å²) in [7, 11) is 1.63. The summed E-state index contributed by atoms with van der Waals surface area (Å²) in [5.41, 5.74) is 1.70. The molecule has 0 atom stereocenters. The molecule has 0 amide bonds. The van der Waals surface area contributed by atoms with E-state index in [2.05, 4.69) is 5.10 Å². The number of carbonyl (C=O) groups is 1. The first-order valence-electron chi connectivity index (χ1n) is 3.56. The third-order valence-corrected chi connectivity index (χ3v) is 1.92. The van der Waals surface area contributed by atoms with Crippen molar-refractivity contribution in [1.29, 1.82) is 0 Å². The van der Waals surface area contributed by atoms with Gasteiger partial charge < -0.3 is 9.84 Å². The van der Waals surface area contributed by atoms with E-state index in [1.807, 2.05) is 0 Å². The lowest BCUT2D eigenvalue weighted by Crippen LogP contribution is -2.08. The molecule has 0 aliphatic carbocycles. The molecule has 0 aromatic carbocycles. The van der Waals surface area contributed by atoms with E-state index in [-0.39, 0.29) is 5.69 Å². The Hall–Kier alpha value is -1.36. The Bertz CT molecular complexity index is 343. The second-order valence-corrected chi connectivity index (χ2v) is 2.70. The zero-order valence-electron chi connectivity index (χ0n) is 6.57. The number of carboxylic acid groups (broad SMARTS) is 1. The van der Waals surface area contributed by atoms with Gasteiger partial charge in [-0.3, -0.25) is 4.68 Å². The third-order valence-electron chi connectivity index (χ3n) is 1.92. The van der Waals surface area contributed by atoms with E-state index in [0.717, 1.165) is 5.69 Å². The van der Waals surface area contributed by atoms with Gasteiger partial charge in [0.15, 0.2) is 5.69 Å². The van der Waals surface area contributed by atoms with Gasteiger partial charge in [0.1, 0.15) is 0 Å². The molecular formula is C7H8N2O3. The Kier molecular flexibility index (Phi) is 1.41. The van der Waals surface area contributed by atoms with E-state index in [4.69, 9.17) is 9.84 Å². The minimum absolute atomic E-state index is 0.238. The lowest BCUT2D eigenvalue weighted by Gasteiger charge is -1.97. The molecule has 0 spiro atoms. The number of ether oxygens (including phenoxy) is 1. The maximum atomic E-state index is 10.7. The first kappa shape index (κ1) is 7.30. The van der Waals surface area contributed by atoms with Gasteiger partial charge >= 0.3 is 5.97 Å². The van der Waals surface area contributed by atoms with Crippen molar-refractivity contribution in [1.82, 2.24) is 9.78 Å². The van der Waals surface area contributed by atoms with Gasteiger partial charge in [0, 0.05) is 12.6 Å². The fourth-order valence-electron chi connectivity index (χ4n) is 1.41. The van der Waals surface area contributed by atoms with Crippen LogP contribution < -0.4 is 0 Å². The summed E-state index contributed by atoms with van der Waals surface area (Å²) in [6.07, 6.45) is 0. The fourth-order valence-corrected chi connectivity index (χ4v) is 1.41. The maximum Gasteiger partial charge on any atom is 0.354 e. The first-order valence-corrected chi connectivity index (χ1v) is 3.56. The summed E-state index contributed by atoms with van der Waals surface area (Å²) in [6.45, 7) is 0.793. The highest BCUT2D eigenvalue weighted by Gasteiger charge is 2.25. The summed E-state index contributed by atoms with van der Waals surface area (Å²) in [5.74, 6) is -0.947. The van der Waals surface area contributed by atoms with Gasteiger partial charge in [-0.15, -0.1) is 0 Å². The number of nitrogens with zero attached hydrogens (tertiary/aromatic N) is 2. The Labute approximate surface area is 68.6 Å². The summed E-state index contributed by atoms with van der Waals surface area (Å²) < 4.78 is 6.45. The topological polar surface area (TPSA) is 64.4 Å². The quantitative estimate of drug-likeness (QED) is 0.648. The summed E-state index contributed by atoms with van der Waals surface area (Å²) >= 11 is 0. The number of rotatable bonds is 1. The predicted molar refractivity (Wildman–Crippen MR) is 38.7 cm³/mol. The Morgan fingerprint density at radius 1 is 1.67 bits per heavy atom. The molecule has 5 heteroatoms.